The first-order valence-electron chi connectivity index (χ1n) is 8.25. The van der Waals surface area contributed by atoms with Gasteiger partial charge in [0.05, 0.1) is 0 Å². The third kappa shape index (κ3) is 3.18. The second kappa shape index (κ2) is 6.48. The van der Waals surface area contributed by atoms with E-state index in [1.54, 1.807) is 4.90 Å². The second-order valence-electron chi connectivity index (χ2n) is 6.40. The van der Waals surface area contributed by atoms with Gasteiger partial charge in [0, 0.05) is 29.9 Å². The molecule has 0 aliphatic carbocycles. The van der Waals surface area contributed by atoms with E-state index in [9.17, 15) is 9.59 Å². The Bertz CT molecular complexity index is 794. The van der Waals surface area contributed by atoms with Crippen molar-refractivity contribution in [2.24, 2.45) is 0 Å². The van der Waals surface area contributed by atoms with Crippen LogP contribution in [0.2, 0.25) is 0 Å². The van der Waals surface area contributed by atoms with E-state index in [0.717, 1.165) is 35.5 Å². The molecule has 0 bridgehead atoms. The third-order valence-corrected chi connectivity index (χ3v) is 4.60. The number of rotatable bonds is 3. The summed E-state index contributed by atoms with van der Waals surface area (Å²) in [6.07, 6.45) is 1.52. The molecule has 0 unspecified atom stereocenters. The summed E-state index contributed by atoms with van der Waals surface area (Å²) < 4.78 is 0. The molecular weight excluding hydrogens is 300 g/mol. The molecule has 0 aromatic heterocycles. The lowest BCUT2D eigenvalue weighted by atomic mass is 10.0. The number of amides is 2. The first-order chi connectivity index (χ1) is 11.5. The molecule has 0 radical (unpaired) electrons. The molecule has 1 aliphatic rings. The first kappa shape index (κ1) is 16.2. The number of nitrogens with zero attached hydrogens (tertiary/aromatic N) is 1. The van der Waals surface area contributed by atoms with Gasteiger partial charge in [-0.3, -0.25) is 9.59 Å². The lowest BCUT2D eigenvalue weighted by molar-refractivity contribution is -0.117. The summed E-state index contributed by atoms with van der Waals surface area (Å²) in [5, 5.41) is 2.93. The lowest BCUT2D eigenvalue weighted by Crippen LogP contribution is -2.23. The number of hydrogen-bond donors (Lipinski definition) is 1. The molecule has 0 atom stereocenters. The molecule has 2 amide bonds. The van der Waals surface area contributed by atoms with Crippen LogP contribution in [0.25, 0.3) is 0 Å². The molecule has 1 saturated heterocycles. The van der Waals surface area contributed by atoms with Crippen LogP contribution in [0, 0.1) is 20.8 Å². The van der Waals surface area contributed by atoms with E-state index in [1.807, 2.05) is 57.2 Å². The largest absolute Gasteiger partial charge is 0.322 e. The molecule has 1 aliphatic heterocycles. The summed E-state index contributed by atoms with van der Waals surface area (Å²) in [4.78, 5) is 26.1. The summed E-state index contributed by atoms with van der Waals surface area (Å²) in [5.41, 5.74) is 5.56. The highest BCUT2D eigenvalue weighted by molar-refractivity contribution is 6.05. The minimum absolute atomic E-state index is 0.111. The molecule has 124 valence electrons. The summed E-state index contributed by atoms with van der Waals surface area (Å²) >= 11 is 0. The van der Waals surface area contributed by atoms with Gasteiger partial charge in [-0.05, 0) is 74.2 Å². The van der Waals surface area contributed by atoms with Crippen molar-refractivity contribution in [3.63, 3.8) is 0 Å². The highest BCUT2D eigenvalue weighted by Crippen LogP contribution is 2.24. The average molecular weight is 322 g/mol. The van der Waals surface area contributed by atoms with Crippen molar-refractivity contribution in [2.45, 2.75) is 33.6 Å². The molecule has 1 N–H and O–H groups in total. The number of benzene rings is 2. The number of hydrogen-bond acceptors (Lipinski definition) is 2. The van der Waals surface area contributed by atoms with E-state index >= 15 is 0 Å². The fraction of sp³-hybridized carbons (Fsp3) is 0.300. The van der Waals surface area contributed by atoms with Crippen LogP contribution in [0.4, 0.5) is 11.4 Å². The predicted molar refractivity (Wildman–Crippen MR) is 96.6 cm³/mol. The topological polar surface area (TPSA) is 49.4 Å². The Hall–Kier alpha value is -2.62. The van der Waals surface area contributed by atoms with Crippen molar-refractivity contribution in [1.82, 2.24) is 0 Å². The molecule has 2 aromatic rings. The number of anilines is 2. The van der Waals surface area contributed by atoms with E-state index in [0.29, 0.717) is 12.0 Å². The lowest BCUT2D eigenvalue weighted by Gasteiger charge is -2.16. The van der Waals surface area contributed by atoms with Crippen LogP contribution >= 0.6 is 0 Å². The zero-order valence-electron chi connectivity index (χ0n) is 14.3. The molecule has 24 heavy (non-hydrogen) atoms. The molecule has 0 spiro atoms. The van der Waals surface area contributed by atoms with Gasteiger partial charge in [-0.1, -0.05) is 6.07 Å². The summed E-state index contributed by atoms with van der Waals surface area (Å²) in [5.74, 6) is 0.0538. The van der Waals surface area contributed by atoms with Gasteiger partial charge < -0.3 is 10.2 Å². The van der Waals surface area contributed by atoms with Crippen LogP contribution in [0.1, 0.15) is 39.9 Å². The maximum absolute atomic E-state index is 12.5. The van der Waals surface area contributed by atoms with Crippen LogP contribution in [0.15, 0.2) is 36.4 Å². The summed E-state index contributed by atoms with van der Waals surface area (Å²) in [6, 6.07) is 11.4. The quantitative estimate of drug-likeness (QED) is 0.929. The van der Waals surface area contributed by atoms with Crippen LogP contribution < -0.4 is 10.2 Å². The Labute approximate surface area is 142 Å². The number of nitrogens with one attached hydrogen (secondary N) is 1. The van der Waals surface area contributed by atoms with Crippen LogP contribution in [-0.2, 0) is 4.79 Å². The van der Waals surface area contributed by atoms with Crippen LogP contribution in [0.3, 0.4) is 0 Å². The van der Waals surface area contributed by atoms with Gasteiger partial charge in [0.15, 0.2) is 0 Å². The maximum Gasteiger partial charge on any atom is 0.255 e. The van der Waals surface area contributed by atoms with Crippen molar-refractivity contribution >= 4 is 23.2 Å². The third-order valence-electron chi connectivity index (χ3n) is 4.60. The van der Waals surface area contributed by atoms with E-state index in [1.165, 1.54) is 5.56 Å². The molecule has 1 heterocycles. The highest BCUT2D eigenvalue weighted by atomic mass is 16.2. The fourth-order valence-corrected chi connectivity index (χ4v) is 3.05. The Balaban J connectivity index is 1.75. The summed E-state index contributed by atoms with van der Waals surface area (Å²) in [7, 11) is 0. The van der Waals surface area contributed by atoms with E-state index in [-0.39, 0.29) is 11.8 Å². The maximum atomic E-state index is 12.5. The van der Waals surface area contributed by atoms with Crippen molar-refractivity contribution < 1.29 is 9.59 Å². The van der Waals surface area contributed by atoms with E-state index < -0.39 is 0 Å². The van der Waals surface area contributed by atoms with Gasteiger partial charge in [-0.15, -0.1) is 0 Å². The van der Waals surface area contributed by atoms with Gasteiger partial charge in [0.25, 0.3) is 5.91 Å². The first-order valence-corrected chi connectivity index (χ1v) is 8.25. The van der Waals surface area contributed by atoms with Gasteiger partial charge >= 0.3 is 0 Å². The molecular formula is C20H22N2O2. The van der Waals surface area contributed by atoms with E-state index in [4.69, 9.17) is 0 Å². The number of carbonyl (C=O) groups is 2. The Morgan fingerprint density at radius 1 is 1.00 bits per heavy atom. The zero-order chi connectivity index (χ0) is 17.3. The van der Waals surface area contributed by atoms with Gasteiger partial charge in [-0.25, -0.2) is 0 Å². The minimum atomic E-state index is -0.111. The van der Waals surface area contributed by atoms with Crippen molar-refractivity contribution in [3.05, 3.63) is 58.7 Å². The van der Waals surface area contributed by atoms with Crippen molar-refractivity contribution in [3.8, 4) is 0 Å². The van der Waals surface area contributed by atoms with Gasteiger partial charge in [0.2, 0.25) is 5.91 Å². The molecule has 1 fully saturated rings. The van der Waals surface area contributed by atoms with Crippen LogP contribution in [0.5, 0.6) is 0 Å². The molecule has 4 heteroatoms. The van der Waals surface area contributed by atoms with Crippen LogP contribution in [-0.4, -0.2) is 18.4 Å². The Morgan fingerprint density at radius 2 is 1.67 bits per heavy atom. The fourth-order valence-electron chi connectivity index (χ4n) is 3.05. The molecule has 3 rings (SSSR count). The smallest absolute Gasteiger partial charge is 0.255 e. The predicted octanol–water partition coefficient (Wildman–Crippen LogP) is 3.99. The SMILES string of the molecule is Cc1cc(C)c(C(=O)Nc2ccc(N3CCCC3=O)cc2)cc1C. The summed E-state index contributed by atoms with van der Waals surface area (Å²) in [6.45, 7) is 6.77. The van der Waals surface area contributed by atoms with Crippen molar-refractivity contribution in [1.29, 1.82) is 0 Å². The molecule has 4 nitrogen and oxygen atoms in total. The normalized spacial score (nSPS) is 14.1. The standard InChI is InChI=1S/C20H22N2O2/c1-13-11-15(3)18(12-14(13)2)20(24)21-16-6-8-17(9-7-16)22-10-4-5-19(22)23/h6-9,11-12H,4-5,10H2,1-3H3,(H,21,24). The molecule has 2 aromatic carbocycles. The van der Waals surface area contributed by atoms with E-state index in [2.05, 4.69) is 5.32 Å². The average Bonchev–Trinajstić information content (AvgIpc) is 2.97. The molecule has 0 saturated carbocycles. The number of carbonyl (C=O) groups excluding carboxylic acids is 2. The van der Waals surface area contributed by atoms with Crippen molar-refractivity contribution in [2.75, 3.05) is 16.8 Å². The number of aryl methyl sites for hydroxylation is 3. The second-order valence-corrected chi connectivity index (χ2v) is 6.40. The van der Waals surface area contributed by atoms with Gasteiger partial charge in [-0.2, -0.15) is 0 Å². The highest BCUT2D eigenvalue weighted by Gasteiger charge is 2.21. The minimum Gasteiger partial charge on any atom is -0.322 e. The zero-order valence-corrected chi connectivity index (χ0v) is 14.3. The monoisotopic (exact) mass is 322 g/mol. The Kier molecular flexibility index (Phi) is 4.38. The van der Waals surface area contributed by atoms with Gasteiger partial charge in [0.1, 0.15) is 0 Å². The Morgan fingerprint density at radius 3 is 2.29 bits per heavy atom.